The number of fused-ring (bicyclic) bond motifs is 1. The molecular weight excluding hydrogens is 493 g/mol. The highest BCUT2D eigenvalue weighted by atomic mass is 32.2. The zero-order valence-electron chi connectivity index (χ0n) is 18.1. The number of amides is 1. The maximum atomic E-state index is 13.3. The van der Waals surface area contributed by atoms with Crippen LogP contribution in [0.4, 0.5) is 18.9 Å². The smallest absolute Gasteiger partial charge is 0.325 e. The first-order chi connectivity index (χ1) is 16.0. The Morgan fingerprint density at radius 3 is 2.41 bits per heavy atom. The lowest BCUT2D eigenvalue weighted by Crippen LogP contribution is -2.36. The number of carbonyl (C=O) groups excluding carboxylic acids is 1. The minimum Gasteiger partial charge on any atom is -0.325 e. The summed E-state index contributed by atoms with van der Waals surface area (Å²) < 4.78 is 67.1. The summed E-state index contributed by atoms with van der Waals surface area (Å²) in [6.07, 6.45) is -0.913. The van der Waals surface area contributed by atoms with Crippen molar-refractivity contribution in [2.75, 3.05) is 18.4 Å². The first kappa shape index (κ1) is 24.4. The van der Waals surface area contributed by atoms with Crippen LogP contribution < -0.4 is 10.9 Å². The third-order valence-electron chi connectivity index (χ3n) is 5.52. The van der Waals surface area contributed by atoms with Crippen molar-refractivity contribution in [1.82, 2.24) is 13.9 Å². The van der Waals surface area contributed by atoms with Crippen molar-refractivity contribution in [1.29, 1.82) is 0 Å². The highest BCUT2D eigenvalue weighted by Gasteiger charge is 2.33. The topological polar surface area (TPSA) is 101 Å². The van der Waals surface area contributed by atoms with Gasteiger partial charge in [-0.3, -0.25) is 14.2 Å². The Balaban J connectivity index is 1.62. The van der Waals surface area contributed by atoms with Crippen molar-refractivity contribution >= 4 is 43.2 Å². The van der Waals surface area contributed by atoms with Crippen LogP contribution in [0.3, 0.4) is 0 Å². The van der Waals surface area contributed by atoms with Crippen molar-refractivity contribution < 1.29 is 26.4 Å². The number of benzene rings is 1. The number of carbonyl (C=O) groups is 1. The first-order valence-corrected chi connectivity index (χ1v) is 12.7. The Bertz CT molecular complexity index is 1390. The van der Waals surface area contributed by atoms with Gasteiger partial charge in [0.1, 0.15) is 16.3 Å². The third kappa shape index (κ3) is 4.72. The molecule has 0 saturated carbocycles. The minimum absolute atomic E-state index is 0.0575. The van der Waals surface area contributed by atoms with Gasteiger partial charge < -0.3 is 5.32 Å². The predicted octanol–water partition coefficient (Wildman–Crippen LogP) is 3.60. The summed E-state index contributed by atoms with van der Waals surface area (Å²) in [4.78, 5) is 30.4. The second-order valence-electron chi connectivity index (χ2n) is 7.93. The van der Waals surface area contributed by atoms with Crippen molar-refractivity contribution in [2.24, 2.45) is 0 Å². The van der Waals surface area contributed by atoms with Crippen molar-refractivity contribution in [3.05, 3.63) is 51.4 Å². The molecule has 1 aromatic carbocycles. The monoisotopic (exact) mass is 514 g/mol. The molecule has 1 N–H and O–H groups in total. The average molecular weight is 515 g/mol. The standard InChI is InChI=1S/C21H21F3N4O4S2/c1-13-18(34(31,32)28-9-3-2-4-10-28)17-19(33-13)25-12-27(20(17)30)11-16(29)26-15-7-5-14(6-8-15)21(22,23)24/h5-8,12H,2-4,9-11H2,1H3,(H,26,29). The van der Waals surface area contributed by atoms with Crippen LogP contribution in [-0.2, 0) is 27.5 Å². The van der Waals surface area contributed by atoms with Gasteiger partial charge in [-0.15, -0.1) is 11.3 Å². The SMILES string of the molecule is Cc1sc2ncn(CC(=O)Nc3ccc(C(F)(F)F)cc3)c(=O)c2c1S(=O)(=O)N1CCCCC1. The van der Waals surface area contributed by atoms with Crippen molar-refractivity contribution in [3.8, 4) is 0 Å². The van der Waals surface area contributed by atoms with E-state index in [1.807, 2.05) is 0 Å². The zero-order valence-corrected chi connectivity index (χ0v) is 19.7. The number of thiophene rings is 1. The molecule has 0 unspecified atom stereocenters. The van der Waals surface area contributed by atoms with Gasteiger partial charge in [0.25, 0.3) is 5.56 Å². The van der Waals surface area contributed by atoms with E-state index in [-0.39, 0.29) is 20.8 Å². The molecule has 0 aliphatic carbocycles. The maximum absolute atomic E-state index is 13.3. The lowest BCUT2D eigenvalue weighted by Gasteiger charge is -2.25. The largest absolute Gasteiger partial charge is 0.416 e. The molecule has 0 radical (unpaired) electrons. The second kappa shape index (κ2) is 9.12. The number of halogens is 3. The fraction of sp³-hybridized carbons (Fsp3) is 0.381. The molecule has 1 amide bonds. The number of piperidine rings is 1. The van der Waals surface area contributed by atoms with Gasteiger partial charge in [-0.05, 0) is 44.0 Å². The molecule has 1 fully saturated rings. The summed E-state index contributed by atoms with van der Waals surface area (Å²) >= 11 is 1.09. The molecule has 0 bridgehead atoms. The second-order valence-corrected chi connectivity index (χ2v) is 11.0. The maximum Gasteiger partial charge on any atom is 0.416 e. The molecule has 0 spiro atoms. The van der Waals surface area contributed by atoms with Crippen LogP contribution in [0, 0.1) is 6.92 Å². The number of nitrogens with zero attached hydrogens (tertiary/aromatic N) is 3. The molecule has 1 aliphatic heterocycles. The van der Waals surface area contributed by atoms with Crippen LogP contribution in [0.2, 0.25) is 0 Å². The Labute approximate surface area is 197 Å². The van der Waals surface area contributed by atoms with E-state index < -0.39 is 39.8 Å². The van der Waals surface area contributed by atoms with Gasteiger partial charge in [-0.25, -0.2) is 13.4 Å². The quantitative estimate of drug-likeness (QED) is 0.561. The van der Waals surface area contributed by atoms with Crippen LogP contribution in [0.5, 0.6) is 0 Å². The average Bonchev–Trinajstić information content (AvgIpc) is 3.13. The number of aromatic nitrogens is 2. The summed E-state index contributed by atoms with van der Waals surface area (Å²) in [6.45, 7) is 1.89. The Hall–Kier alpha value is -2.77. The lowest BCUT2D eigenvalue weighted by molar-refractivity contribution is -0.137. The zero-order chi connectivity index (χ0) is 24.7. The number of nitrogens with one attached hydrogen (secondary N) is 1. The molecule has 182 valence electrons. The molecule has 4 rings (SSSR count). The van der Waals surface area contributed by atoms with Crippen LogP contribution >= 0.6 is 11.3 Å². The predicted molar refractivity (Wildman–Crippen MR) is 121 cm³/mol. The van der Waals surface area contributed by atoms with Crippen LogP contribution in [0.15, 0.2) is 40.3 Å². The summed E-state index contributed by atoms with van der Waals surface area (Å²) in [5, 5.41) is 2.37. The number of anilines is 1. The van der Waals surface area contributed by atoms with E-state index in [9.17, 15) is 31.2 Å². The van der Waals surface area contributed by atoms with Gasteiger partial charge in [-0.2, -0.15) is 17.5 Å². The van der Waals surface area contributed by atoms with Crippen LogP contribution in [-0.4, -0.2) is 41.3 Å². The molecule has 1 aliphatic rings. The molecule has 13 heteroatoms. The van der Waals surface area contributed by atoms with Gasteiger partial charge in [0, 0.05) is 23.7 Å². The Morgan fingerprint density at radius 2 is 1.79 bits per heavy atom. The normalized spacial score (nSPS) is 15.5. The minimum atomic E-state index is -4.50. The van der Waals surface area contributed by atoms with E-state index in [4.69, 9.17) is 0 Å². The molecular formula is C21H21F3N4O4S2. The molecule has 3 heterocycles. The number of alkyl halides is 3. The fourth-order valence-electron chi connectivity index (χ4n) is 3.87. The highest BCUT2D eigenvalue weighted by Crippen LogP contribution is 2.34. The molecule has 0 atom stereocenters. The fourth-order valence-corrected chi connectivity index (χ4v) is 7.05. The van der Waals surface area contributed by atoms with E-state index >= 15 is 0 Å². The summed E-state index contributed by atoms with van der Waals surface area (Å²) in [5.41, 5.74) is -1.40. The lowest BCUT2D eigenvalue weighted by atomic mass is 10.2. The number of aryl methyl sites for hydroxylation is 1. The van der Waals surface area contributed by atoms with Gasteiger partial charge in [0.15, 0.2) is 0 Å². The Morgan fingerprint density at radius 1 is 1.15 bits per heavy atom. The molecule has 2 aromatic heterocycles. The molecule has 34 heavy (non-hydrogen) atoms. The van der Waals surface area contributed by atoms with E-state index in [2.05, 4.69) is 10.3 Å². The molecule has 3 aromatic rings. The summed E-state index contributed by atoms with van der Waals surface area (Å²) in [7, 11) is -3.91. The molecule has 1 saturated heterocycles. The van der Waals surface area contributed by atoms with E-state index in [0.29, 0.717) is 18.0 Å². The first-order valence-electron chi connectivity index (χ1n) is 10.4. The van der Waals surface area contributed by atoms with Gasteiger partial charge >= 0.3 is 6.18 Å². The highest BCUT2D eigenvalue weighted by molar-refractivity contribution is 7.89. The van der Waals surface area contributed by atoms with Gasteiger partial charge in [0.05, 0.1) is 17.3 Å². The molecule has 8 nitrogen and oxygen atoms in total. The number of rotatable bonds is 5. The van der Waals surface area contributed by atoms with Gasteiger partial charge in [0.2, 0.25) is 15.9 Å². The number of hydrogen-bond acceptors (Lipinski definition) is 6. The summed E-state index contributed by atoms with van der Waals surface area (Å²) in [6, 6.07) is 3.88. The van der Waals surface area contributed by atoms with E-state index in [1.165, 1.54) is 4.31 Å². The van der Waals surface area contributed by atoms with Crippen molar-refractivity contribution in [3.63, 3.8) is 0 Å². The summed E-state index contributed by atoms with van der Waals surface area (Å²) in [5.74, 6) is -0.671. The van der Waals surface area contributed by atoms with Crippen molar-refractivity contribution in [2.45, 2.75) is 43.8 Å². The van der Waals surface area contributed by atoms with E-state index in [1.54, 1.807) is 6.92 Å². The van der Waals surface area contributed by atoms with E-state index in [0.717, 1.165) is 65.8 Å². The van der Waals surface area contributed by atoms with Gasteiger partial charge in [-0.1, -0.05) is 6.42 Å². The van der Waals surface area contributed by atoms with Crippen LogP contribution in [0.25, 0.3) is 10.2 Å². The Kier molecular flexibility index (Phi) is 6.53. The number of sulfonamides is 1. The van der Waals surface area contributed by atoms with Crippen LogP contribution in [0.1, 0.15) is 29.7 Å². The number of hydrogen-bond donors (Lipinski definition) is 1. The third-order valence-corrected chi connectivity index (χ3v) is 8.74.